The second-order valence-electron chi connectivity index (χ2n) is 4.68. The summed E-state index contributed by atoms with van der Waals surface area (Å²) in [6.07, 6.45) is 1.44. The van der Waals surface area contributed by atoms with E-state index >= 15 is 0 Å². The molecule has 8 heteroatoms. The molecule has 0 saturated heterocycles. The van der Waals surface area contributed by atoms with Crippen molar-refractivity contribution >= 4 is 17.1 Å². The van der Waals surface area contributed by atoms with Crippen molar-refractivity contribution in [2.24, 2.45) is 0 Å². The van der Waals surface area contributed by atoms with Gasteiger partial charge in [0.2, 0.25) is 0 Å². The smallest absolute Gasteiger partial charge is 0.274 e. The van der Waals surface area contributed by atoms with Crippen LogP contribution in [0.2, 0.25) is 0 Å². The monoisotopic (exact) mass is 312 g/mol. The van der Waals surface area contributed by atoms with E-state index in [1.165, 1.54) is 0 Å². The molecule has 0 unspecified atom stereocenters. The molecule has 0 fully saturated rings. The number of nitro groups is 1. The fraction of sp³-hybridized carbons (Fsp3) is 0.462. The SMILES string of the molecule is CNC(=C[N+](=O)[O-])NCCC(=S)c1ccc(CN(C)C)o1. The fourth-order valence-corrected chi connectivity index (χ4v) is 1.87. The second-order valence-corrected chi connectivity index (χ2v) is 5.17. The van der Waals surface area contributed by atoms with Crippen LogP contribution in [0.25, 0.3) is 0 Å². The molecule has 0 aliphatic heterocycles. The van der Waals surface area contributed by atoms with Gasteiger partial charge in [0.25, 0.3) is 6.20 Å². The standard InChI is InChI=1S/C13H20N4O3S/c1-14-13(9-17(18)19)15-7-6-12(21)11-5-4-10(20-11)8-16(2)3/h4-5,9,14-15H,6-8H2,1-3H3. The van der Waals surface area contributed by atoms with Crippen LogP contribution in [-0.2, 0) is 6.54 Å². The highest BCUT2D eigenvalue weighted by Crippen LogP contribution is 2.12. The molecule has 0 radical (unpaired) electrons. The van der Waals surface area contributed by atoms with Crippen molar-refractivity contribution in [2.75, 3.05) is 27.7 Å². The summed E-state index contributed by atoms with van der Waals surface area (Å²) in [5.41, 5.74) is 0. The average molecular weight is 312 g/mol. The van der Waals surface area contributed by atoms with Gasteiger partial charge in [0.1, 0.15) is 11.5 Å². The Morgan fingerprint density at radius 3 is 2.81 bits per heavy atom. The fourth-order valence-electron chi connectivity index (χ4n) is 1.66. The Labute approximate surface area is 129 Å². The van der Waals surface area contributed by atoms with Crippen LogP contribution in [0, 0.1) is 10.1 Å². The molecule has 0 aromatic carbocycles. The van der Waals surface area contributed by atoms with Gasteiger partial charge in [-0.3, -0.25) is 10.1 Å². The average Bonchev–Trinajstić information content (AvgIpc) is 2.84. The molecule has 0 atom stereocenters. The van der Waals surface area contributed by atoms with Crippen molar-refractivity contribution in [3.05, 3.63) is 45.8 Å². The van der Waals surface area contributed by atoms with Crippen molar-refractivity contribution in [2.45, 2.75) is 13.0 Å². The number of hydrogen-bond acceptors (Lipinski definition) is 7. The van der Waals surface area contributed by atoms with E-state index in [9.17, 15) is 10.1 Å². The molecule has 1 aromatic rings. The normalized spacial score (nSPS) is 11.5. The first kappa shape index (κ1) is 17.1. The van der Waals surface area contributed by atoms with E-state index in [4.69, 9.17) is 16.6 Å². The third-order valence-corrected chi connectivity index (χ3v) is 2.99. The molecule has 0 amide bonds. The molecule has 1 aromatic heterocycles. The molecule has 0 bridgehead atoms. The minimum atomic E-state index is -0.517. The van der Waals surface area contributed by atoms with Gasteiger partial charge in [0.05, 0.1) is 16.3 Å². The van der Waals surface area contributed by atoms with Gasteiger partial charge in [0, 0.05) is 20.0 Å². The minimum absolute atomic E-state index is 0.343. The van der Waals surface area contributed by atoms with E-state index < -0.39 is 4.92 Å². The lowest BCUT2D eigenvalue weighted by molar-refractivity contribution is -0.404. The summed E-state index contributed by atoms with van der Waals surface area (Å²) in [6.45, 7) is 1.21. The lowest BCUT2D eigenvalue weighted by Crippen LogP contribution is -2.26. The van der Waals surface area contributed by atoms with Crippen molar-refractivity contribution < 1.29 is 9.34 Å². The van der Waals surface area contributed by atoms with Crippen LogP contribution in [0.15, 0.2) is 28.6 Å². The van der Waals surface area contributed by atoms with Gasteiger partial charge >= 0.3 is 0 Å². The Balaban J connectivity index is 2.47. The van der Waals surface area contributed by atoms with E-state index in [1.807, 2.05) is 31.1 Å². The van der Waals surface area contributed by atoms with Crippen LogP contribution in [0.3, 0.4) is 0 Å². The van der Waals surface area contributed by atoms with Gasteiger partial charge in [-0.1, -0.05) is 12.2 Å². The molecule has 0 saturated carbocycles. The third kappa shape index (κ3) is 6.37. The molecule has 2 N–H and O–H groups in total. The van der Waals surface area contributed by atoms with Gasteiger partial charge in [-0.25, -0.2) is 0 Å². The summed E-state index contributed by atoms with van der Waals surface area (Å²) < 4.78 is 5.66. The Kier molecular flexibility index (Phi) is 6.83. The summed E-state index contributed by atoms with van der Waals surface area (Å²) in [5.74, 6) is 1.87. The van der Waals surface area contributed by atoms with Crippen LogP contribution in [0.1, 0.15) is 17.9 Å². The van der Waals surface area contributed by atoms with Gasteiger partial charge in [0.15, 0.2) is 5.82 Å². The predicted molar refractivity (Wildman–Crippen MR) is 84.6 cm³/mol. The summed E-state index contributed by atoms with van der Waals surface area (Å²) in [5, 5.41) is 16.0. The molecule has 0 aliphatic carbocycles. The maximum Gasteiger partial charge on any atom is 0.274 e. The van der Waals surface area contributed by atoms with Crippen molar-refractivity contribution in [1.82, 2.24) is 15.5 Å². The Morgan fingerprint density at radius 1 is 1.52 bits per heavy atom. The van der Waals surface area contributed by atoms with Crippen LogP contribution in [-0.4, -0.2) is 42.4 Å². The van der Waals surface area contributed by atoms with E-state index in [0.717, 1.165) is 18.5 Å². The first-order valence-corrected chi connectivity index (χ1v) is 6.86. The van der Waals surface area contributed by atoms with Gasteiger partial charge in [-0.05, 0) is 26.2 Å². The number of nitrogens with zero attached hydrogens (tertiary/aromatic N) is 2. The van der Waals surface area contributed by atoms with Crippen LogP contribution >= 0.6 is 12.2 Å². The van der Waals surface area contributed by atoms with Gasteiger partial charge < -0.3 is 20.0 Å². The Bertz CT molecular complexity index is 525. The highest BCUT2D eigenvalue weighted by atomic mass is 32.1. The largest absolute Gasteiger partial charge is 0.459 e. The molecule has 116 valence electrons. The molecule has 0 spiro atoms. The molecule has 21 heavy (non-hydrogen) atoms. The quantitative estimate of drug-likeness (QED) is 0.308. The van der Waals surface area contributed by atoms with Crippen molar-refractivity contribution in [3.63, 3.8) is 0 Å². The summed E-state index contributed by atoms with van der Waals surface area (Å²) in [6, 6.07) is 3.76. The summed E-state index contributed by atoms with van der Waals surface area (Å²) in [4.78, 5) is 12.6. The minimum Gasteiger partial charge on any atom is -0.459 e. The van der Waals surface area contributed by atoms with Crippen molar-refractivity contribution in [3.8, 4) is 0 Å². The lowest BCUT2D eigenvalue weighted by Gasteiger charge is -2.08. The highest BCUT2D eigenvalue weighted by molar-refractivity contribution is 7.80. The molecular weight excluding hydrogens is 292 g/mol. The van der Waals surface area contributed by atoms with Crippen LogP contribution in [0.4, 0.5) is 0 Å². The zero-order valence-corrected chi connectivity index (χ0v) is 13.2. The van der Waals surface area contributed by atoms with Gasteiger partial charge in [-0.2, -0.15) is 0 Å². The zero-order chi connectivity index (χ0) is 15.8. The summed E-state index contributed by atoms with van der Waals surface area (Å²) >= 11 is 5.30. The number of nitrogens with one attached hydrogen (secondary N) is 2. The maximum absolute atomic E-state index is 10.4. The predicted octanol–water partition coefficient (Wildman–Crippen LogP) is 1.33. The number of rotatable bonds is 9. The van der Waals surface area contributed by atoms with Crippen LogP contribution in [0.5, 0.6) is 0 Å². The second kappa shape index (κ2) is 8.38. The Hall–Kier alpha value is -1.93. The first-order valence-electron chi connectivity index (χ1n) is 6.46. The topological polar surface area (TPSA) is 83.6 Å². The lowest BCUT2D eigenvalue weighted by atomic mass is 10.2. The van der Waals surface area contributed by atoms with Gasteiger partial charge in [-0.15, -0.1) is 0 Å². The third-order valence-electron chi connectivity index (χ3n) is 2.58. The van der Waals surface area contributed by atoms with Crippen molar-refractivity contribution in [1.29, 1.82) is 0 Å². The first-order chi connectivity index (χ1) is 9.92. The zero-order valence-electron chi connectivity index (χ0n) is 12.4. The molecule has 1 heterocycles. The van der Waals surface area contributed by atoms with Crippen LogP contribution < -0.4 is 10.6 Å². The molecule has 1 rings (SSSR count). The van der Waals surface area contributed by atoms with E-state index in [2.05, 4.69) is 10.6 Å². The number of furan rings is 1. The summed E-state index contributed by atoms with van der Waals surface area (Å²) in [7, 11) is 5.54. The Morgan fingerprint density at radius 2 is 2.24 bits per heavy atom. The van der Waals surface area contributed by atoms with E-state index in [0.29, 0.717) is 29.4 Å². The highest BCUT2D eigenvalue weighted by Gasteiger charge is 2.08. The molecular formula is C13H20N4O3S. The van der Waals surface area contributed by atoms with E-state index in [-0.39, 0.29) is 0 Å². The molecule has 7 nitrogen and oxygen atoms in total. The number of thiocarbonyl (C=S) groups is 1. The molecule has 0 aliphatic rings. The number of hydrogen-bond donors (Lipinski definition) is 2. The maximum atomic E-state index is 10.4. The van der Waals surface area contributed by atoms with E-state index in [1.54, 1.807) is 7.05 Å².